The van der Waals surface area contributed by atoms with Gasteiger partial charge in [-0.1, -0.05) is 128 Å². The van der Waals surface area contributed by atoms with Gasteiger partial charge in [0.1, 0.15) is 60.5 Å². The van der Waals surface area contributed by atoms with E-state index in [4.69, 9.17) is 4.74 Å². The van der Waals surface area contributed by atoms with Gasteiger partial charge in [-0.05, 0) is 68.6 Å². The fourth-order valence-electron chi connectivity index (χ4n) is 8.96. The van der Waals surface area contributed by atoms with Crippen molar-refractivity contribution in [3.63, 3.8) is 0 Å². The van der Waals surface area contributed by atoms with Crippen LogP contribution in [0, 0.1) is 29.6 Å². The van der Waals surface area contributed by atoms with Gasteiger partial charge in [0, 0.05) is 6.42 Å². The van der Waals surface area contributed by atoms with E-state index in [-0.39, 0.29) is 56.3 Å². The molecule has 1 aliphatic heterocycles. The molecule has 0 saturated carbocycles. The van der Waals surface area contributed by atoms with E-state index in [2.05, 4.69) is 54.8 Å². The minimum absolute atomic E-state index is 0.00956. The van der Waals surface area contributed by atoms with Crippen LogP contribution in [-0.4, -0.2) is 165 Å². The summed E-state index contributed by atoms with van der Waals surface area (Å²) in [5.41, 5.74) is 0. The van der Waals surface area contributed by atoms with Crippen molar-refractivity contribution in [3.8, 4) is 0 Å². The van der Waals surface area contributed by atoms with Gasteiger partial charge in [-0.15, -0.1) is 0 Å². The van der Waals surface area contributed by atoms with E-state index in [1.54, 1.807) is 69.2 Å². The summed E-state index contributed by atoms with van der Waals surface area (Å²) in [4.78, 5) is 153. The molecule has 1 fully saturated rings. The number of hydrogen-bond acceptors (Lipinski definition) is 15. The van der Waals surface area contributed by atoms with Gasteiger partial charge in [-0.2, -0.15) is 0 Å². The first kappa shape index (κ1) is 73.1. The third kappa shape index (κ3) is 27.1. The Morgan fingerprint density at radius 1 is 0.556 bits per heavy atom. The van der Waals surface area contributed by atoms with Crippen LogP contribution in [0.25, 0.3) is 0 Å². The molecule has 13 unspecified atom stereocenters. The van der Waals surface area contributed by atoms with Crippen molar-refractivity contribution < 1.29 is 77.9 Å². The van der Waals surface area contributed by atoms with E-state index in [9.17, 15) is 73.2 Å². The van der Waals surface area contributed by atoms with E-state index in [0.717, 1.165) is 32.1 Å². The molecule has 1 saturated heterocycles. The molecule has 0 aliphatic carbocycles. The summed E-state index contributed by atoms with van der Waals surface area (Å²) in [6.07, 6.45) is 2.51. The van der Waals surface area contributed by atoms with Crippen LogP contribution in [0.15, 0.2) is 0 Å². The molecular formula is C56H99N9O16. The summed E-state index contributed by atoms with van der Waals surface area (Å²) < 4.78 is 5.85. The molecule has 0 spiro atoms. The predicted octanol–water partition coefficient (Wildman–Crippen LogP) is 0.876. The molecule has 1 rings (SSSR count). The maximum absolute atomic E-state index is 14.8. The fraction of sp³-hybridized carbons (Fsp3) is 0.804. The lowest BCUT2D eigenvalue weighted by atomic mass is 9.96. The van der Waals surface area contributed by atoms with Gasteiger partial charge in [-0.25, -0.2) is 4.79 Å². The van der Waals surface area contributed by atoms with E-state index in [1.807, 2.05) is 0 Å². The number of ether oxygens (including phenoxy) is 1. The molecule has 13 atom stereocenters. The Morgan fingerprint density at radius 2 is 1.02 bits per heavy atom. The maximum atomic E-state index is 14.8. The lowest BCUT2D eigenvalue weighted by Gasteiger charge is -2.32. The summed E-state index contributed by atoms with van der Waals surface area (Å²) in [6, 6.07) is -14.1. The Kier molecular flexibility index (Phi) is 34.2. The molecule has 0 aromatic rings. The largest absolute Gasteiger partial charge is 0.481 e. The average Bonchev–Trinajstić information content (AvgIpc) is 3.42. The number of carbonyl (C=O) groups excluding carboxylic acids is 10. The molecule has 25 heteroatoms. The van der Waals surface area contributed by atoms with Crippen LogP contribution < -0.4 is 47.9 Å². The van der Waals surface area contributed by atoms with Crippen molar-refractivity contribution in [3.05, 3.63) is 0 Å². The molecular weight excluding hydrogens is 1050 g/mol. The van der Waals surface area contributed by atoms with Crippen LogP contribution >= 0.6 is 0 Å². The minimum Gasteiger partial charge on any atom is -0.481 e. The topological polar surface area (TPSA) is 386 Å². The number of aliphatic hydroxyl groups is 3. The van der Waals surface area contributed by atoms with Gasteiger partial charge in [0.2, 0.25) is 53.2 Å². The monoisotopic (exact) mass is 1150 g/mol. The Hall–Kier alpha value is -5.95. The van der Waals surface area contributed by atoms with Crippen LogP contribution in [0.1, 0.15) is 179 Å². The number of carboxylic acids is 1. The number of nitrogens with one attached hydrogen (secondary N) is 9. The summed E-state index contributed by atoms with van der Waals surface area (Å²) in [5.74, 6) is -13.3. The first-order valence-corrected chi connectivity index (χ1v) is 29.1. The first-order valence-electron chi connectivity index (χ1n) is 29.1. The highest BCUT2D eigenvalue weighted by molar-refractivity contribution is 5.99. The van der Waals surface area contributed by atoms with Crippen LogP contribution in [0.4, 0.5) is 0 Å². The number of esters is 1. The summed E-state index contributed by atoms with van der Waals surface area (Å²) in [6.45, 7) is 18.5. The fourth-order valence-corrected chi connectivity index (χ4v) is 8.96. The van der Waals surface area contributed by atoms with Crippen molar-refractivity contribution in [2.24, 2.45) is 29.6 Å². The molecule has 464 valence electrons. The van der Waals surface area contributed by atoms with Gasteiger partial charge in [-0.3, -0.25) is 47.9 Å². The lowest BCUT2D eigenvalue weighted by Crippen LogP contribution is -2.64. The lowest BCUT2D eigenvalue weighted by molar-refractivity contribution is -0.158. The highest BCUT2D eigenvalue weighted by Gasteiger charge is 2.41. The first-order chi connectivity index (χ1) is 38.0. The number of aliphatic hydroxyl groups excluding tert-OH is 3. The summed E-state index contributed by atoms with van der Waals surface area (Å²) >= 11 is 0. The zero-order chi connectivity index (χ0) is 61.7. The van der Waals surface area contributed by atoms with Crippen LogP contribution in [0.5, 0.6) is 0 Å². The highest BCUT2D eigenvalue weighted by Crippen LogP contribution is 2.18. The Bertz CT molecular complexity index is 2060. The number of carboxylic acid groups (broad SMARTS) is 1. The second-order valence-electron chi connectivity index (χ2n) is 22.9. The summed E-state index contributed by atoms with van der Waals surface area (Å²) in [7, 11) is 0. The standard InChI is InChI=1S/C56H99N9O16/c1-13-16-17-18-19-20-21-36(68)27-43(69)57-38(24-30(4)5)49(73)58-37(22-23-44(70)71)48(72)65-47-35(12)81-56(80)46(34(11)15-3)64-53(77)42(29-67)62-50(74)39(25-31(6)7)59-52(76)41(28-66)61-51(75)40(26-32(8)9)60-54(78)45(33(10)14-2)63-55(47)79/h30-42,45-47,66-68H,13-29H2,1-12H3,(H,57,69)(H,58,73)(H,59,76)(H,60,78)(H,61,75)(H,62,74)(H,63,79)(H,64,77)(H,65,72)(H,70,71). The molecule has 0 radical (unpaired) electrons. The highest BCUT2D eigenvalue weighted by atomic mass is 16.5. The zero-order valence-electron chi connectivity index (χ0n) is 49.9. The number of amides is 9. The zero-order valence-corrected chi connectivity index (χ0v) is 49.9. The second kappa shape index (κ2) is 37.9. The molecule has 0 aromatic heterocycles. The van der Waals surface area contributed by atoms with E-state index < -0.39 is 170 Å². The van der Waals surface area contributed by atoms with Crippen molar-refractivity contribution >= 4 is 65.1 Å². The van der Waals surface area contributed by atoms with Gasteiger partial charge >= 0.3 is 11.9 Å². The van der Waals surface area contributed by atoms with E-state index in [1.165, 1.54) is 6.92 Å². The van der Waals surface area contributed by atoms with Gasteiger partial charge in [0.05, 0.1) is 25.7 Å². The van der Waals surface area contributed by atoms with Crippen molar-refractivity contribution in [2.45, 2.75) is 246 Å². The predicted molar refractivity (Wildman–Crippen MR) is 300 cm³/mol. The maximum Gasteiger partial charge on any atom is 0.329 e. The van der Waals surface area contributed by atoms with Gasteiger partial charge in [0.25, 0.3) is 0 Å². The molecule has 0 bridgehead atoms. The smallest absolute Gasteiger partial charge is 0.329 e. The molecule has 25 nitrogen and oxygen atoms in total. The molecule has 1 aliphatic rings. The van der Waals surface area contributed by atoms with Crippen molar-refractivity contribution in [1.82, 2.24) is 47.9 Å². The van der Waals surface area contributed by atoms with E-state index >= 15 is 0 Å². The van der Waals surface area contributed by atoms with Crippen molar-refractivity contribution in [2.75, 3.05) is 13.2 Å². The number of rotatable bonds is 29. The molecule has 0 aromatic carbocycles. The third-order valence-corrected chi connectivity index (χ3v) is 14.2. The Morgan fingerprint density at radius 3 is 1.52 bits per heavy atom. The van der Waals surface area contributed by atoms with Gasteiger partial charge in [0.15, 0.2) is 0 Å². The number of aliphatic carboxylic acids is 1. The molecule has 1 heterocycles. The molecule has 81 heavy (non-hydrogen) atoms. The quantitative estimate of drug-likeness (QED) is 0.0365. The van der Waals surface area contributed by atoms with Crippen LogP contribution in [0.3, 0.4) is 0 Å². The minimum atomic E-state index is -1.95. The second-order valence-corrected chi connectivity index (χ2v) is 22.9. The normalized spacial score (nSPS) is 24.0. The molecule has 9 amide bonds. The van der Waals surface area contributed by atoms with Gasteiger partial charge < -0.3 is 73.0 Å². The number of hydrogen-bond donors (Lipinski definition) is 13. The van der Waals surface area contributed by atoms with Crippen LogP contribution in [-0.2, 0) is 57.5 Å². The SMILES string of the molecule is CCCCCCCCC(O)CC(=O)NC(CC(C)C)C(=O)NC(CCC(=O)O)C(=O)NC1C(=O)NC(C(C)CC)C(=O)NC(CC(C)C)C(=O)NC(CO)C(=O)NC(CC(C)C)C(=O)NC(CO)C(=O)NC(C(C)CC)C(=O)OC1C. The number of unbranched alkanes of at least 4 members (excludes halogenated alkanes) is 5. The Balaban J connectivity index is 4.01. The number of cyclic esters (lactones) is 1. The Labute approximate surface area is 478 Å². The summed E-state index contributed by atoms with van der Waals surface area (Å²) in [5, 5.41) is 63.8. The third-order valence-electron chi connectivity index (χ3n) is 14.2. The van der Waals surface area contributed by atoms with Crippen molar-refractivity contribution in [1.29, 1.82) is 0 Å². The van der Waals surface area contributed by atoms with Crippen LogP contribution in [0.2, 0.25) is 0 Å². The average molecular weight is 1150 g/mol. The van der Waals surface area contributed by atoms with E-state index in [0.29, 0.717) is 12.8 Å². The molecule has 13 N–H and O–H groups in total. The number of carbonyl (C=O) groups is 11.